The first-order chi connectivity index (χ1) is 8.53. The van der Waals surface area contributed by atoms with E-state index >= 15 is 0 Å². The lowest BCUT2D eigenvalue weighted by molar-refractivity contribution is 0.0390. The smallest absolute Gasteiger partial charge is 0.0380 e. The molecule has 0 saturated heterocycles. The van der Waals surface area contributed by atoms with Crippen molar-refractivity contribution in [2.75, 3.05) is 0 Å². The highest BCUT2D eigenvalue weighted by Crippen LogP contribution is 2.49. The summed E-state index contributed by atoms with van der Waals surface area (Å²) in [6, 6.07) is 0. The van der Waals surface area contributed by atoms with E-state index in [0.29, 0.717) is 0 Å². The molecular weight excluding hydrogens is 216 g/mol. The van der Waals surface area contributed by atoms with Crippen molar-refractivity contribution in [3.05, 3.63) is 0 Å². The highest BCUT2D eigenvalue weighted by atomic mass is 14.4. The summed E-state index contributed by atoms with van der Waals surface area (Å²) in [6.07, 6.45) is 8.77. The van der Waals surface area contributed by atoms with Crippen LogP contribution in [0, 0.1) is 35.5 Å². The van der Waals surface area contributed by atoms with Gasteiger partial charge in [-0.2, -0.15) is 0 Å². The number of hydrogen-bond donors (Lipinski definition) is 0. The van der Waals surface area contributed by atoms with Gasteiger partial charge in [0, 0.05) is 0 Å². The molecule has 2 aliphatic rings. The van der Waals surface area contributed by atoms with Gasteiger partial charge in [0.05, 0.1) is 0 Å². The van der Waals surface area contributed by atoms with Crippen LogP contribution in [-0.2, 0) is 0 Å². The molecular formula is C18H36. The number of rotatable bonds is 1. The fraction of sp³-hybridized carbons (Fsp3) is 1.00. The van der Waals surface area contributed by atoms with Crippen molar-refractivity contribution in [1.29, 1.82) is 0 Å². The van der Waals surface area contributed by atoms with Crippen LogP contribution in [-0.4, -0.2) is 0 Å². The molecule has 0 aromatic heterocycles. The second-order valence-electron chi connectivity index (χ2n) is 7.27. The molecule has 6 unspecified atom stereocenters. The lowest BCUT2D eigenvalue weighted by atomic mass is 9.59. The average Bonchev–Trinajstić information content (AvgIpc) is 2.32. The topological polar surface area (TPSA) is 0 Å². The maximum atomic E-state index is 2.49. The van der Waals surface area contributed by atoms with E-state index in [4.69, 9.17) is 0 Å². The number of fused-ring (bicyclic) bond motifs is 1. The average molecular weight is 252 g/mol. The van der Waals surface area contributed by atoms with Crippen molar-refractivity contribution < 1.29 is 0 Å². The Labute approximate surface area is 116 Å². The van der Waals surface area contributed by atoms with E-state index < -0.39 is 0 Å². The summed E-state index contributed by atoms with van der Waals surface area (Å²) >= 11 is 0. The minimum Gasteiger partial charge on any atom is -0.0656 e. The molecule has 2 rings (SSSR count). The second kappa shape index (κ2) is 7.56. The normalized spacial score (nSPS) is 43.7. The SMILES string of the molecule is CCC.CCC1CC2CC(C)C(C)CC2CC1C. The Hall–Kier alpha value is 0. The predicted molar refractivity (Wildman–Crippen MR) is 82.7 cm³/mol. The molecule has 0 radical (unpaired) electrons. The minimum absolute atomic E-state index is 0.983. The van der Waals surface area contributed by atoms with Crippen LogP contribution in [0.3, 0.4) is 0 Å². The van der Waals surface area contributed by atoms with Crippen LogP contribution in [0.25, 0.3) is 0 Å². The molecule has 6 atom stereocenters. The van der Waals surface area contributed by atoms with Gasteiger partial charge in [-0.3, -0.25) is 0 Å². The van der Waals surface area contributed by atoms with Crippen LogP contribution in [0.4, 0.5) is 0 Å². The van der Waals surface area contributed by atoms with E-state index in [1.165, 1.54) is 32.1 Å². The fourth-order valence-corrected chi connectivity index (χ4v) is 4.24. The van der Waals surface area contributed by atoms with Gasteiger partial charge in [-0.25, -0.2) is 0 Å². The molecule has 18 heavy (non-hydrogen) atoms. The lowest BCUT2D eigenvalue weighted by Gasteiger charge is -2.46. The van der Waals surface area contributed by atoms with Crippen molar-refractivity contribution >= 4 is 0 Å². The van der Waals surface area contributed by atoms with Gasteiger partial charge < -0.3 is 0 Å². The van der Waals surface area contributed by atoms with Crippen LogP contribution >= 0.6 is 0 Å². The van der Waals surface area contributed by atoms with Crippen LogP contribution in [0.1, 0.15) is 80.1 Å². The molecule has 0 aromatic carbocycles. The summed E-state index contributed by atoms with van der Waals surface area (Å²) in [5.41, 5.74) is 0. The summed E-state index contributed by atoms with van der Waals surface area (Å²) in [6.45, 7) is 14.1. The largest absolute Gasteiger partial charge is 0.0656 e. The summed E-state index contributed by atoms with van der Waals surface area (Å²) in [4.78, 5) is 0. The maximum absolute atomic E-state index is 2.49. The summed E-state index contributed by atoms with van der Waals surface area (Å²) in [5.74, 6) is 6.16. The Kier molecular flexibility index (Phi) is 6.74. The highest BCUT2D eigenvalue weighted by Gasteiger charge is 2.39. The van der Waals surface area contributed by atoms with Gasteiger partial charge >= 0.3 is 0 Å². The van der Waals surface area contributed by atoms with Crippen molar-refractivity contribution in [2.24, 2.45) is 35.5 Å². The van der Waals surface area contributed by atoms with Gasteiger partial charge in [-0.05, 0) is 61.2 Å². The molecule has 2 aliphatic carbocycles. The van der Waals surface area contributed by atoms with Crippen molar-refractivity contribution in [1.82, 2.24) is 0 Å². The standard InChI is InChI=1S/C15H28.C3H8/c1-5-13-9-15-7-11(3)10(2)6-14(15)8-12(13)4;1-3-2/h10-15H,5-9H2,1-4H3;3H2,1-2H3. The third-order valence-electron chi connectivity index (χ3n) is 5.60. The molecule has 0 heteroatoms. The first-order valence-electron chi connectivity index (χ1n) is 8.53. The van der Waals surface area contributed by atoms with Gasteiger partial charge in [0.25, 0.3) is 0 Å². The highest BCUT2D eigenvalue weighted by molar-refractivity contribution is 4.89. The maximum Gasteiger partial charge on any atom is -0.0380 e. The molecule has 0 spiro atoms. The lowest BCUT2D eigenvalue weighted by Crippen LogP contribution is -2.37. The zero-order valence-corrected chi connectivity index (χ0v) is 13.7. The number of hydrogen-bond acceptors (Lipinski definition) is 0. The molecule has 2 saturated carbocycles. The van der Waals surface area contributed by atoms with E-state index in [9.17, 15) is 0 Å². The molecule has 108 valence electrons. The van der Waals surface area contributed by atoms with Crippen LogP contribution < -0.4 is 0 Å². The van der Waals surface area contributed by atoms with Gasteiger partial charge in [-0.15, -0.1) is 0 Å². The zero-order chi connectivity index (χ0) is 13.7. The van der Waals surface area contributed by atoms with E-state index in [2.05, 4.69) is 41.5 Å². The van der Waals surface area contributed by atoms with E-state index in [0.717, 1.165) is 35.5 Å². The first-order valence-corrected chi connectivity index (χ1v) is 8.53. The molecule has 0 N–H and O–H groups in total. The Balaban J connectivity index is 0.000000492. The van der Waals surface area contributed by atoms with Gasteiger partial charge in [0.2, 0.25) is 0 Å². The van der Waals surface area contributed by atoms with Crippen molar-refractivity contribution in [2.45, 2.75) is 80.1 Å². The van der Waals surface area contributed by atoms with Gasteiger partial charge in [-0.1, -0.05) is 54.4 Å². The zero-order valence-electron chi connectivity index (χ0n) is 13.7. The molecule has 0 heterocycles. The third kappa shape index (κ3) is 4.00. The molecule has 0 nitrogen and oxygen atoms in total. The molecule has 0 aliphatic heterocycles. The van der Waals surface area contributed by atoms with Crippen molar-refractivity contribution in [3.63, 3.8) is 0 Å². The molecule has 2 fully saturated rings. The Bertz CT molecular complexity index is 220. The first kappa shape index (κ1) is 16.1. The third-order valence-corrected chi connectivity index (χ3v) is 5.60. The second-order valence-corrected chi connectivity index (χ2v) is 7.27. The summed E-state index contributed by atoms with van der Waals surface area (Å²) in [7, 11) is 0. The minimum atomic E-state index is 0.983. The quantitative estimate of drug-likeness (QED) is 0.524. The Morgan fingerprint density at radius 1 is 0.667 bits per heavy atom. The monoisotopic (exact) mass is 252 g/mol. The van der Waals surface area contributed by atoms with Crippen LogP contribution in [0.15, 0.2) is 0 Å². The Morgan fingerprint density at radius 2 is 1.06 bits per heavy atom. The van der Waals surface area contributed by atoms with Crippen molar-refractivity contribution in [3.8, 4) is 0 Å². The van der Waals surface area contributed by atoms with E-state index in [-0.39, 0.29) is 0 Å². The molecule has 0 aromatic rings. The van der Waals surface area contributed by atoms with E-state index in [1.54, 1.807) is 6.42 Å². The van der Waals surface area contributed by atoms with Gasteiger partial charge in [0.1, 0.15) is 0 Å². The summed E-state index contributed by atoms with van der Waals surface area (Å²) in [5, 5.41) is 0. The summed E-state index contributed by atoms with van der Waals surface area (Å²) < 4.78 is 0. The van der Waals surface area contributed by atoms with Crippen LogP contribution in [0.5, 0.6) is 0 Å². The van der Waals surface area contributed by atoms with Crippen LogP contribution in [0.2, 0.25) is 0 Å². The molecule has 0 amide bonds. The van der Waals surface area contributed by atoms with E-state index in [1.807, 2.05) is 0 Å². The Morgan fingerprint density at radius 3 is 1.50 bits per heavy atom. The fourth-order valence-electron chi connectivity index (χ4n) is 4.24. The molecule has 0 bridgehead atoms. The van der Waals surface area contributed by atoms with Gasteiger partial charge in [0.15, 0.2) is 0 Å². The predicted octanol–water partition coefficient (Wildman–Crippen LogP) is 6.16.